The van der Waals surface area contributed by atoms with Crippen LogP contribution in [-0.4, -0.2) is 6.54 Å². The molecule has 2 rings (SSSR count). The second kappa shape index (κ2) is 2.86. The third-order valence-corrected chi connectivity index (χ3v) is 2.50. The summed E-state index contributed by atoms with van der Waals surface area (Å²) in [6.07, 6.45) is 2.48. The van der Waals surface area contributed by atoms with Crippen LogP contribution in [0, 0.1) is 0 Å². The quantitative estimate of drug-likeness (QED) is 0.697. The van der Waals surface area contributed by atoms with Crippen molar-refractivity contribution in [1.29, 1.82) is 0 Å². The molecule has 1 aromatic carbocycles. The van der Waals surface area contributed by atoms with E-state index in [1.165, 1.54) is 24.1 Å². The molecule has 0 saturated heterocycles. The summed E-state index contributed by atoms with van der Waals surface area (Å²) in [5.41, 5.74) is 2.74. The molecule has 1 N–H and O–H groups in total. The summed E-state index contributed by atoms with van der Waals surface area (Å²) >= 11 is 3.45. The van der Waals surface area contributed by atoms with E-state index in [-0.39, 0.29) is 0 Å². The van der Waals surface area contributed by atoms with Crippen LogP contribution in [0.3, 0.4) is 0 Å². The highest BCUT2D eigenvalue weighted by Crippen LogP contribution is 2.25. The Balaban J connectivity index is 2.43. The van der Waals surface area contributed by atoms with Gasteiger partial charge in [0.15, 0.2) is 0 Å². The minimum absolute atomic E-state index is 1.11. The van der Waals surface area contributed by atoms with Gasteiger partial charge in [0.05, 0.1) is 0 Å². The van der Waals surface area contributed by atoms with Gasteiger partial charge in [0.25, 0.3) is 0 Å². The summed E-state index contributed by atoms with van der Waals surface area (Å²) in [5, 5.41) is 3.37. The normalized spacial score (nSPS) is 15.4. The third kappa shape index (κ3) is 1.41. The Morgan fingerprint density at radius 1 is 1.36 bits per heavy atom. The highest BCUT2D eigenvalue weighted by atomic mass is 79.9. The van der Waals surface area contributed by atoms with Crippen molar-refractivity contribution in [2.75, 3.05) is 11.9 Å². The first-order valence-electron chi connectivity index (χ1n) is 3.88. The Morgan fingerprint density at radius 2 is 2.27 bits per heavy atom. The maximum atomic E-state index is 3.45. The largest absolute Gasteiger partial charge is 0.385 e. The van der Waals surface area contributed by atoms with Crippen LogP contribution < -0.4 is 5.32 Å². The Morgan fingerprint density at radius 3 is 3.18 bits per heavy atom. The lowest BCUT2D eigenvalue weighted by atomic mass is 10.0. The molecule has 0 saturated carbocycles. The zero-order chi connectivity index (χ0) is 7.68. The van der Waals surface area contributed by atoms with E-state index in [2.05, 4.69) is 39.4 Å². The lowest BCUT2D eigenvalue weighted by Gasteiger charge is -2.17. The van der Waals surface area contributed by atoms with Crippen LogP contribution >= 0.6 is 15.9 Å². The van der Waals surface area contributed by atoms with Crippen LogP contribution in [0.4, 0.5) is 5.69 Å². The van der Waals surface area contributed by atoms with Crippen molar-refractivity contribution in [3.63, 3.8) is 0 Å². The van der Waals surface area contributed by atoms with E-state index in [1.807, 2.05) is 0 Å². The van der Waals surface area contributed by atoms with Crippen molar-refractivity contribution < 1.29 is 0 Å². The first-order valence-corrected chi connectivity index (χ1v) is 4.68. The number of nitrogens with one attached hydrogen (secondary N) is 1. The molecule has 0 fully saturated rings. The molecular weight excluding hydrogens is 202 g/mol. The number of halogens is 1. The molecule has 0 spiro atoms. The molecule has 1 aliphatic rings. The van der Waals surface area contributed by atoms with E-state index in [0.29, 0.717) is 0 Å². The molecular formula is C9H10BrN. The number of fused-ring (bicyclic) bond motifs is 1. The highest BCUT2D eigenvalue weighted by molar-refractivity contribution is 9.10. The summed E-state index contributed by atoms with van der Waals surface area (Å²) in [6, 6.07) is 6.44. The average Bonchev–Trinajstić information content (AvgIpc) is 2.04. The molecule has 0 aromatic heterocycles. The Kier molecular flexibility index (Phi) is 1.86. The van der Waals surface area contributed by atoms with E-state index in [0.717, 1.165) is 11.0 Å². The zero-order valence-corrected chi connectivity index (χ0v) is 7.82. The molecule has 1 aromatic rings. The van der Waals surface area contributed by atoms with Gasteiger partial charge >= 0.3 is 0 Å². The van der Waals surface area contributed by atoms with E-state index in [4.69, 9.17) is 0 Å². The fourth-order valence-electron chi connectivity index (χ4n) is 1.43. The van der Waals surface area contributed by atoms with Gasteiger partial charge in [0.1, 0.15) is 0 Å². The molecule has 0 amide bonds. The van der Waals surface area contributed by atoms with E-state index in [1.54, 1.807) is 0 Å². The van der Waals surface area contributed by atoms with Gasteiger partial charge in [0.2, 0.25) is 0 Å². The predicted molar refractivity (Wildman–Crippen MR) is 51.0 cm³/mol. The molecule has 0 radical (unpaired) electrons. The van der Waals surface area contributed by atoms with Gasteiger partial charge in [-0.2, -0.15) is 0 Å². The van der Waals surface area contributed by atoms with Crippen LogP contribution in [0.25, 0.3) is 0 Å². The second-order valence-electron chi connectivity index (χ2n) is 2.83. The topological polar surface area (TPSA) is 12.0 Å². The predicted octanol–water partition coefficient (Wildman–Crippen LogP) is 2.81. The lowest BCUT2D eigenvalue weighted by molar-refractivity contribution is 0.830. The average molecular weight is 212 g/mol. The van der Waals surface area contributed by atoms with Crippen molar-refractivity contribution >= 4 is 21.6 Å². The number of hydrogen-bond donors (Lipinski definition) is 1. The Bertz CT molecular complexity index is 270. The summed E-state index contributed by atoms with van der Waals surface area (Å²) in [6.45, 7) is 1.11. The van der Waals surface area contributed by atoms with Crippen LogP contribution in [0.5, 0.6) is 0 Å². The summed E-state index contributed by atoms with van der Waals surface area (Å²) in [7, 11) is 0. The van der Waals surface area contributed by atoms with Gasteiger partial charge in [-0.1, -0.05) is 22.0 Å². The van der Waals surface area contributed by atoms with Gasteiger partial charge < -0.3 is 5.32 Å². The molecule has 0 atom stereocenters. The lowest BCUT2D eigenvalue weighted by Crippen LogP contribution is -2.11. The summed E-state index contributed by atoms with van der Waals surface area (Å²) in [4.78, 5) is 0. The molecule has 0 aliphatic carbocycles. The smallest absolute Gasteiger partial charge is 0.0384 e. The summed E-state index contributed by atoms with van der Waals surface area (Å²) in [5.74, 6) is 0. The van der Waals surface area contributed by atoms with E-state index in [9.17, 15) is 0 Å². The van der Waals surface area contributed by atoms with Crippen LogP contribution in [0.1, 0.15) is 12.0 Å². The Hall–Kier alpha value is -0.500. The van der Waals surface area contributed by atoms with Gasteiger partial charge in [-0.15, -0.1) is 0 Å². The fourth-order valence-corrected chi connectivity index (χ4v) is 1.79. The van der Waals surface area contributed by atoms with Crippen molar-refractivity contribution in [2.45, 2.75) is 12.8 Å². The minimum atomic E-state index is 1.11. The molecule has 58 valence electrons. The Labute approximate surface area is 74.9 Å². The maximum absolute atomic E-state index is 3.45. The molecule has 1 nitrogen and oxygen atoms in total. The minimum Gasteiger partial charge on any atom is -0.385 e. The van der Waals surface area contributed by atoms with Gasteiger partial charge in [-0.25, -0.2) is 0 Å². The standard InChI is InChI=1S/C9H10BrN/c10-8-4-3-7-2-1-5-11-9(7)6-8/h3-4,6,11H,1-2,5H2. The number of rotatable bonds is 0. The van der Waals surface area contributed by atoms with Gasteiger partial charge in [0, 0.05) is 16.7 Å². The molecule has 2 heteroatoms. The van der Waals surface area contributed by atoms with Crippen molar-refractivity contribution in [2.24, 2.45) is 0 Å². The van der Waals surface area contributed by atoms with E-state index < -0.39 is 0 Å². The van der Waals surface area contributed by atoms with Crippen molar-refractivity contribution in [3.8, 4) is 0 Å². The molecule has 0 unspecified atom stereocenters. The maximum Gasteiger partial charge on any atom is 0.0384 e. The second-order valence-corrected chi connectivity index (χ2v) is 3.75. The van der Waals surface area contributed by atoms with Gasteiger partial charge in [-0.3, -0.25) is 0 Å². The van der Waals surface area contributed by atoms with Gasteiger partial charge in [-0.05, 0) is 30.5 Å². The number of aryl methyl sites for hydroxylation is 1. The van der Waals surface area contributed by atoms with Crippen LogP contribution in [-0.2, 0) is 6.42 Å². The summed E-state index contributed by atoms with van der Waals surface area (Å²) < 4.78 is 1.16. The molecule has 1 heterocycles. The molecule has 1 aliphatic heterocycles. The van der Waals surface area contributed by atoms with E-state index >= 15 is 0 Å². The van der Waals surface area contributed by atoms with Crippen LogP contribution in [0.15, 0.2) is 22.7 Å². The zero-order valence-electron chi connectivity index (χ0n) is 6.23. The molecule has 11 heavy (non-hydrogen) atoms. The van der Waals surface area contributed by atoms with Crippen molar-refractivity contribution in [3.05, 3.63) is 28.2 Å². The third-order valence-electron chi connectivity index (χ3n) is 2.01. The monoisotopic (exact) mass is 211 g/mol. The first-order chi connectivity index (χ1) is 5.36. The number of hydrogen-bond acceptors (Lipinski definition) is 1. The number of anilines is 1. The first kappa shape index (κ1) is 7.17. The fraction of sp³-hybridized carbons (Fsp3) is 0.333. The highest BCUT2D eigenvalue weighted by Gasteiger charge is 2.06. The SMILES string of the molecule is Brc1ccc2c(c1)NCCC2. The van der Waals surface area contributed by atoms with Crippen LogP contribution in [0.2, 0.25) is 0 Å². The molecule has 0 bridgehead atoms. The number of benzene rings is 1. The van der Waals surface area contributed by atoms with Crippen molar-refractivity contribution in [1.82, 2.24) is 0 Å².